The molecule has 5 heteroatoms. The summed E-state index contributed by atoms with van der Waals surface area (Å²) in [5.41, 5.74) is 2.49. The number of hydrogen-bond donors (Lipinski definition) is 1. The highest BCUT2D eigenvalue weighted by Crippen LogP contribution is 2.35. The number of carbonyl (C=O) groups is 2. The molecule has 1 saturated heterocycles. The highest BCUT2D eigenvalue weighted by Gasteiger charge is 2.34. The van der Waals surface area contributed by atoms with Crippen molar-refractivity contribution >= 4 is 27.7 Å². The lowest BCUT2D eigenvalue weighted by atomic mass is 10.1. The Kier molecular flexibility index (Phi) is 3.54. The summed E-state index contributed by atoms with van der Waals surface area (Å²) in [6, 6.07) is 6.19. The summed E-state index contributed by atoms with van der Waals surface area (Å²) in [6.45, 7) is 0.530. The predicted molar refractivity (Wildman–Crippen MR) is 79.1 cm³/mol. The first-order valence-corrected chi connectivity index (χ1v) is 7.67. The number of rotatable bonds is 2. The van der Waals surface area contributed by atoms with Crippen LogP contribution in [-0.2, 0) is 16.0 Å². The van der Waals surface area contributed by atoms with E-state index in [1.165, 1.54) is 11.1 Å². The van der Waals surface area contributed by atoms with Crippen molar-refractivity contribution in [3.8, 4) is 0 Å². The Balaban J connectivity index is 1.70. The number of likely N-dealkylation sites (tertiary alicyclic amines) is 1. The van der Waals surface area contributed by atoms with Gasteiger partial charge in [-0.15, -0.1) is 0 Å². The molecule has 1 heterocycles. The molecule has 0 spiro atoms. The molecule has 1 fully saturated rings. The van der Waals surface area contributed by atoms with Crippen LogP contribution in [-0.4, -0.2) is 30.3 Å². The summed E-state index contributed by atoms with van der Waals surface area (Å²) in [5, 5.41) is 3.11. The molecule has 2 atom stereocenters. The van der Waals surface area contributed by atoms with Gasteiger partial charge in [-0.1, -0.05) is 28.1 Å². The van der Waals surface area contributed by atoms with Crippen LogP contribution in [0.15, 0.2) is 22.7 Å². The Labute approximate surface area is 126 Å². The molecule has 3 rings (SSSR count). The van der Waals surface area contributed by atoms with Gasteiger partial charge in [-0.3, -0.25) is 9.59 Å². The van der Waals surface area contributed by atoms with Crippen molar-refractivity contribution in [1.29, 1.82) is 0 Å². The number of carbonyl (C=O) groups excluding carboxylic acids is 2. The number of fused-ring (bicyclic) bond motifs is 1. The molecule has 0 bridgehead atoms. The Morgan fingerprint density at radius 3 is 2.95 bits per heavy atom. The molecular formula is C15H17BrN2O2. The van der Waals surface area contributed by atoms with E-state index in [4.69, 9.17) is 0 Å². The van der Waals surface area contributed by atoms with Gasteiger partial charge in [0, 0.05) is 24.5 Å². The standard InChI is InChI=1S/C15H17BrN2O2/c1-18-8-9(7-14(18)19)15(20)17-13-6-5-10-11(13)3-2-4-12(10)16/h2-4,9,13H,5-8H2,1H3,(H,17,20). The minimum atomic E-state index is -0.205. The zero-order valence-electron chi connectivity index (χ0n) is 11.4. The summed E-state index contributed by atoms with van der Waals surface area (Å²) in [6.07, 6.45) is 2.24. The van der Waals surface area contributed by atoms with E-state index in [0.717, 1.165) is 17.3 Å². The van der Waals surface area contributed by atoms with Crippen LogP contribution in [0.1, 0.15) is 30.0 Å². The number of nitrogens with one attached hydrogen (secondary N) is 1. The molecule has 1 aliphatic heterocycles. The molecule has 1 aliphatic carbocycles. The second-order valence-electron chi connectivity index (χ2n) is 5.58. The maximum Gasteiger partial charge on any atom is 0.225 e. The van der Waals surface area contributed by atoms with E-state index in [1.54, 1.807) is 11.9 Å². The molecule has 1 aromatic rings. The van der Waals surface area contributed by atoms with Crippen LogP contribution in [0.2, 0.25) is 0 Å². The molecule has 2 aliphatic rings. The van der Waals surface area contributed by atoms with E-state index >= 15 is 0 Å². The van der Waals surface area contributed by atoms with E-state index in [-0.39, 0.29) is 23.8 Å². The Morgan fingerprint density at radius 2 is 2.25 bits per heavy atom. The van der Waals surface area contributed by atoms with E-state index < -0.39 is 0 Å². The topological polar surface area (TPSA) is 49.4 Å². The average molecular weight is 337 g/mol. The van der Waals surface area contributed by atoms with E-state index in [1.807, 2.05) is 12.1 Å². The van der Waals surface area contributed by atoms with Crippen molar-refractivity contribution in [1.82, 2.24) is 10.2 Å². The van der Waals surface area contributed by atoms with Crippen LogP contribution in [0.3, 0.4) is 0 Å². The Bertz CT molecular complexity index is 573. The maximum atomic E-state index is 12.3. The van der Waals surface area contributed by atoms with Crippen molar-refractivity contribution in [3.63, 3.8) is 0 Å². The molecule has 0 saturated carbocycles. The van der Waals surface area contributed by atoms with Gasteiger partial charge in [-0.05, 0) is 30.0 Å². The SMILES string of the molecule is CN1CC(C(=O)NC2CCc3c(Br)cccc32)CC1=O. The van der Waals surface area contributed by atoms with Gasteiger partial charge < -0.3 is 10.2 Å². The number of amides is 2. The molecule has 1 N–H and O–H groups in total. The average Bonchev–Trinajstić information content (AvgIpc) is 2.96. The van der Waals surface area contributed by atoms with Crippen LogP contribution in [0.5, 0.6) is 0 Å². The van der Waals surface area contributed by atoms with Gasteiger partial charge in [0.25, 0.3) is 0 Å². The molecular weight excluding hydrogens is 320 g/mol. The third-order valence-corrected chi connectivity index (χ3v) is 4.98. The van der Waals surface area contributed by atoms with Crippen molar-refractivity contribution in [2.45, 2.75) is 25.3 Å². The molecule has 0 aromatic heterocycles. The lowest BCUT2D eigenvalue weighted by Crippen LogP contribution is -2.34. The number of halogens is 1. The van der Waals surface area contributed by atoms with Crippen LogP contribution in [0.25, 0.3) is 0 Å². The minimum Gasteiger partial charge on any atom is -0.349 e. The summed E-state index contributed by atoms with van der Waals surface area (Å²) in [4.78, 5) is 25.4. The summed E-state index contributed by atoms with van der Waals surface area (Å²) >= 11 is 3.56. The van der Waals surface area contributed by atoms with Gasteiger partial charge in [0.1, 0.15) is 0 Å². The van der Waals surface area contributed by atoms with Crippen LogP contribution >= 0.6 is 15.9 Å². The van der Waals surface area contributed by atoms with Crippen LogP contribution < -0.4 is 5.32 Å². The fraction of sp³-hybridized carbons (Fsp3) is 0.467. The number of hydrogen-bond acceptors (Lipinski definition) is 2. The van der Waals surface area contributed by atoms with Crippen molar-refractivity contribution in [3.05, 3.63) is 33.8 Å². The largest absolute Gasteiger partial charge is 0.349 e. The van der Waals surface area contributed by atoms with Crippen LogP contribution in [0, 0.1) is 5.92 Å². The predicted octanol–water partition coefficient (Wildman–Crippen LogP) is 2.03. The normalized spacial score (nSPS) is 24.9. The van der Waals surface area contributed by atoms with E-state index in [2.05, 4.69) is 27.3 Å². The van der Waals surface area contributed by atoms with Gasteiger partial charge in [-0.25, -0.2) is 0 Å². The fourth-order valence-electron chi connectivity index (χ4n) is 3.09. The highest BCUT2D eigenvalue weighted by molar-refractivity contribution is 9.10. The highest BCUT2D eigenvalue weighted by atomic mass is 79.9. The molecule has 20 heavy (non-hydrogen) atoms. The molecule has 106 valence electrons. The fourth-order valence-corrected chi connectivity index (χ4v) is 3.67. The number of nitrogens with zero attached hydrogens (tertiary/aromatic N) is 1. The second kappa shape index (κ2) is 5.20. The zero-order chi connectivity index (χ0) is 14.3. The first-order valence-electron chi connectivity index (χ1n) is 6.88. The maximum absolute atomic E-state index is 12.3. The van der Waals surface area contributed by atoms with Gasteiger partial charge in [0.2, 0.25) is 11.8 Å². The third-order valence-electron chi connectivity index (χ3n) is 4.24. The Morgan fingerprint density at radius 1 is 1.45 bits per heavy atom. The minimum absolute atomic E-state index is 0.000487. The second-order valence-corrected chi connectivity index (χ2v) is 6.44. The monoisotopic (exact) mass is 336 g/mol. The smallest absolute Gasteiger partial charge is 0.225 e. The van der Waals surface area contributed by atoms with Gasteiger partial charge >= 0.3 is 0 Å². The van der Waals surface area contributed by atoms with Gasteiger partial charge in [-0.2, -0.15) is 0 Å². The lowest BCUT2D eigenvalue weighted by molar-refractivity contribution is -0.128. The van der Waals surface area contributed by atoms with Crippen molar-refractivity contribution < 1.29 is 9.59 Å². The molecule has 1 aromatic carbocycles. The zero-order valence-corrected chi connectivity index (χ0v) is 12.9. The van der Waals surface area contributed by atoms with Crippen LogP contribution in [0.4, 0.5) is 0 Å². The van der Waals surface area contributed by atoms with E-state index in [9.17, 15) is 9.59 Å². The Hall–Kier alpha value is -1.36. The lowest BCUT2D eigenvalue weighted by Gasteiger charge is -2.17. The summed E-state index contributed by atoms with van der Waals surface area (Å²) in [7, 11) is 1.75. The summed E-state index contributed by atoms with van der Waals surface area (Å²) in [5.74, 6) is -0.149. The molecule has 2 amide bonds. The van der Waals surface area contributed by atoms with Gasteiger partial charge in [0.15, 0.2) is 0 Å². The third kappa shape index (κ3) is 2.35. The number of benzene rings is 1. The first-order chi connectivity index (χ1) is 9.56. The molecule has 2 unspecified atom stereocenters. The van der Waals surface area contributed by atoms with Crippen molar-refractivity contribution in [2.75, 3.05) is 13.6 Å². The molecule has 4 nitrogen and oxygen atoms in total. The first kappa shape index (κ1) is 13.6. The summed E-state index contributed by atoms with van der Waals surface area (Å²) < 4.78 is 1.11. The van der Waals surface area contributed by atoms with Crippen molar-refractivity contribution in [2.24, 2.45) is 5.92 Å². The van der Waals surface area contributed by atoms with E-state index in [0.29, 0.717) is 13.0 Å². The van der Waals surface area contributed by atoms with Gasteiger partial charge in [0.05, 0.1) is 12.0 Å². The molecule has 0 radical (unpaired) electrons. The quantitative estimate of drug-likeness (QED) is 0.898.